The number of methoxy groups -OCH3 is 1. The van der Waals surface area contributed by atoms with Crippen molar-refractivity contribution in [3.8, 4) is 0 Å². The molecule has 0 bridgehead atoms. The van der Waals surface area contributed by atoms with E-state index in [-0.39, 0.29) is 6.10 Å². The van der Waals surface area contributed by atoms with E-state index in [1.165, 1.54) is 12.8 Å². The molecule has 0 aromatic heterocycles. The van der Waals surface area contributed by atoms with Crippen molar-refractivity contribution < 1.29 is 9.84 Å². The molecular formula is C13H27NO2. The largest absolute Gasteiger partial charge is 0.393 e. The molecule has 3 heteroatoms. The smallest absolute Gasteiger partial charge is 0.0615 e. The standard InChI is InChI=1S/C13H27NO2/c1-4-14(11(2)10-16-3)9-8-12-6-5-7-13(12)15/h11-13,15H,4-10H2,1-3H3. The van der Waals surface area contributed by atoms with Gasteiger partial charge in [0.1, 0.15) is 0 Å². The minimum Gasteiger partial charge on any atom is -0.393 e. The first-order valence-electron chi connectivity index (χ1n) is 6.60. The topological polar surface area (TPSA) is 32.7 Å². The van der Waals surface area contributed by atoms with E-state index in [4.69, 9.17) is 4.74 Å². The summed E-state index contributed by atoms with van der Waals surface area (Å²) < 4.78 is 5.19. The van der Waals surface area contributed by atoms with Crippen molar-refractivity contribution in [3.63, 3.8) is 0 Å². The number of likely N-dealkylation sites (N-methyl/N-ethyl adjacent to an activating group) is 1. The van der Waals surface area contributed by atoms with Crippen molar-refractivity contribution in [2.75, 3.05) is 26.8 Å². The third kappa shape index (κ3) is 4.04. The average molecular weight is 229 g/mol. The molecule has 1 saturated carbocycles. The van der Waals surface area contributed by atoms with Crippen LogP contribution in [0.1, 0.15) is 39.5 Å². The van der Waals surface area contributed by atoms with Crippen LogP contribution < -0.4 is 0 Å². The van der Waals surface area contributed by atoms with Gasteiger partial charge in [0.15, 0.2) is 0 Å². The van der Waals surface area contributed by atoms with Crippen molar-refractivity contribution in [3.05, 3.63) is 0 Å². The Bertz CT molecular complexity index is 187. The van der Waals surface area contributed by atoms with Gasteiger partial charge in [0.05, 0.1) is 12.7 Å². The second kappa shape index (κ2) is 7.25. The van der Waals surface area contributed by atoms with Crippen molar-refractivity contribution in [1.29, 1.82) is 0 Å². The Balaban J connectivity index is 2.27. The lowest BCUT2D eigenvalue weighted by molar-refractivity contribution is 0.0836. The van der Waals surface area contributed by atoms with Gasteiger partial charge in [0, 0.05) is 13.2 Å². The van der Waals surface area contributed by atoms with E-state index in [0.717, 1.165) is 32.5 Å². The molecule has 3 atom stereocenters. The van der Waals surface area contributed by atoms with Gasteiger partial charge in [-0.05, 0) is 45.2 Å². The lowest BCUT2D eigenvalue weighted by Gasteiger charge is -2.28. The second-order valence-corrected chi connectivity index (χ2v) is 4.98. The van der Waals surface area contributed by atoms with Gasteiger partial charge in [-0.1, -0.05) is 13.3 Å². The summed E-state index contributed by atoms with van der Waals surface area (Å²) >= 11 is 0. The third-order valence-electron chi connectivity index (χ3n) is 3.84. The van der Waals surface area contributed by atoms with Crippen LogP contribution in [0, 0.1) is 5.92 Å². The van der Waals surface area contributed by atoms with Crippen LogP contribution in [0.15, 0.2) is 0 Å². The van der Waals surface area contributed by atoms with Gasteiger partial charge in [-0.25, -0.2) is 0 Å². The van der Waals surface area contributed by atoms with Gasteiger partial charge < -0.3 is 9.84 Å². The molecule has 0 aromatic rings. The second-order valence-electron chi connectivity index (χ2n) is 4.98. The number of aliphatic hydroxyl groups is 1. The molecule has 0 heterocycles. The highest BCUT2D eigenvalue weighted by Gasteiger charge is 2.25. The Hall–Kier alpha value is -0.120. The van der Waals surface area contributed by atoms with Gasteiger partial charge in [-0.15, -0.1) is 0 Å². The van der Waals surface area contributed by atoms with Crippen LogP contribution in [0.25, 0.3) is 0 Å². The summed E-state index contributed by atoms with van der Waals surface area (Å²) in [5.74, 6) is 0.531. The van der Waals surface area contributed by atoms with Crippen LogP contribution in [0.3, 0.4) is 0 Å². The molecular weight excluding hydrogens is 202 g/mol. The maximum Gasteiger partial charge on any atom is 0.0615 e. The number of ether oxygens (including phenoxy) is 1. The van der Waals surface area contributed by atoms with E-state index in [1.54, 1.807) is 7.11 Å². The normalized spacial score (nSPS) is 27.6. The molecule has 0 amide bonds. The highest BCUT2D eigenvalue weighted by Crippen LogP contribution is 2.28. The molecule has 1 aliphatic rings. The fourth-order valence-corrected chi connectivity index (χ4v) is 2.72. The molecule has 0 aromatic carbocycles. The van der Waals surface area contributed by atoms with E-state index in [0.29, 0.717) is 12.0 Å². The monoisotopic (exact) mass is 229 g/mol. The Morgan fingerprint density at radius 2 is 2.19 bits per heavy atom. The lowest BCUT2D eigenvalue weighted by Crippen LogP contribution is -2.37. The zero-order valence-electron chi connectivity index (χ0n) is 11.0. The number of aliphatic hydroxyl groups excluding tert-OH is 1. The zero-order chi connectivity index (χ0) is 12.0. The summed E-state index contributed by atoms with van der Waals surface area (Å²) in [5.41, 5.74) is 0. The third-order valence-corrected chi connectivity index (χ3v) is 3.84. The molecule has 0 aliphatic heterocycles. The predicted octanol–water partition coefficient (Wildman–Crippen LogP) is 1.89. The van der Waals surface area contributed by atoms with Gasteiger partial charge in [-0.2, -0.15) is 0 Å². The Kier molecular flexibility index (Phi) is 6.32. The summed E-state index contributed by atoms with van der Waals surface area (Å²) in [6.07, 6.45) is 4.49. The van der Waals surface area contributed by atoms with Crippen molar-refractivity contribution in [2.24, 2.45) is 5.92 Å². The molecule has 16 heavy (non-hydrogen) atoms. The van der Waals surface area contributed by atoms with Crippen LogP contribution in [-0.4, -0.2) is 49.0 Å². The van der Waals surface area contributed by atoms with Crippen LogP contribution in [0.2, 0.25) is 0 Å². The average Bonchev–Trinajstić information content (AvgIpc) is 2.66. The van der Waals surface area contributed by atoms with Gasteiger partial charge in [-0.3, -0.25) is 4.90 Å². The van der Waals surface area contributed by atoms with Gasteiger partial charge in [0.25, 0.3) is 0 Å². The summed E-state index contributed by atoms with van der Waals surface area (Å²) in [6, 6.07) is 0.480. The molecule has 1 rings (SSSR count). The van der Waals surface area contributed by atoms with E-state index < -0.39 is 0 Å². The minimum absolute atomic E-state index is 0.0450. The van der Waals surface area contributed by atoms with E-state index in [9.17, 15) is 5.11 Å². The molecule has 0 spiro atoms. The highest BCUT2D eigenvalue weighted by atomic mass is 16.5. The number of nitrogens with zero attached hydrogens (tertiary/aromatic N) is 1. The van der Waals surface area contributed by atoms with E-state index in [1.807, 2.05) is 0 Å². The maximum absolute atomic E-state index is 9.77. The number of rotatable bonds is 7. The summed E-state index contributed by atoms with van der Waals surface area (Å²) in [6.45, 7) is 7.34. The number of hydrogen-bond acceptors (Lipinski definition) is 3. The molecule has 0 radical (unpaired) electrons. The summed E-state index contributed by atoms with van der Waals surface area (Å²) in [4.78, 5) is 2.44. The minimum atomic E-state index is -0.0450. The summed E-state index contributed by atoms with van der Waals surface area (Å²) in [7, 11) is 1.76. The van der Waals surface area contributed by atoms with Crippen molar-refractivity contribution in [2.45, 2.75) is 51.7 Å². The SMILES string of the molecule is CCN(CCC1CCCC1O)C(C)COC. The summed E-state index contributed by atoms with van der Waals surface area (Å²) in [5, 5.41) is 9.77. The zero-order valence-corrected chi connectivity index (χ0v) is 11.0. The first-order valence-corrected chi connectivity index (χ1v) is 6.60. The predicted molar refractivity (Wildman–Crippen MR) is 66.5 cm³/mol. The molecule has 1 fully saturated rings. The van der Waals surface area contributed by atoms with Gasteiger partial charge >= 0.3 is 0 Å². The van der Waals surface area contributed by atoms with Crippen LogP contribution >= 0.6 is 0 Å². The molecule has 3 unspecified atom stereocenters. The van der Waals surface area contributed by atoms with E-state index in [2.05, 4.69) is 18.7 Å². The lowest BCUT2D eigenvalue weighted by atomic mass is 10.0. The highest BCUT2D eigenvalue weighted by molar-refractivity contribution is 4.78. The van der Waals surface area contributed by atoms with Crippen molar-refractivity contribution in [1.82, 2.24) is 4.90 Å². The molecule has 0 saturated heterocycles. The first-order chi connectivity index (χ1) is 7.69. The molecule has 96 valence electrons. The van der Waals surface area contributed by atoms with Crippen molar-refractivity contribution >= 4 is 0 Å². The fourth-order valence-electron chi connectivity index (χ4n) is 2.72. The Morgan fingerprint density at radius 3 is 2.69 bits per heavy atom. The van der Waals surface area contributed by atoms with Crippen LogP contribution in [0.4, 0.5) is 0 Å². The first kappa shape index (κ1) is 13.9. The molecule has 1 N–H and O–H groups in total. The maximum atomic E-state index is 9.77. The molecule has 1 aliphatic carbocycles. The quantitative estimate of drug-likeness (QED) is 0.723. The number of hydrogen-bond donors (Lipinski definition) is 1. The Labute approximate surface area is 99.8 Å². The fraction of sp³-hybridized carbons (Fsp3) is 1.00. The Morgan fingerprint density at radius 1 is 1.44 bits per heavy atom. The molecule has 3 nitrogen and oxygen atoms in total. The van der Waals surface area contributed by atoms with Gasteiger partial charge in [0.2, 0.25) is 0 Å². The van der Waals surface area contributed by atoms with E-state index >= 15 is 0 Å². The van der Waals surface area contributed by atoms with Crippen LogP contribution in [-0.2, 0) is 4.74 Å². The van der Waals surface area contributed by atoms with Crippen LogP contribution in [0.5, 0.6) is 0 Å².